The van der Waals surface area contributed by atoms with Crippen LogP contribution in [0.15, 0.2) is 42.5 Å². The highest BCUT2D eigenvalue weighted by atomic mass is 35.5. The minimum absolute atomic E-state index is 0.0284. The molecule has 26 heavy (non-hydrogen) atoms. The number of hydrogen-bond donors (Lipinski definition) is 2. The van der Waals surface area contributed by atoms with Gasteiger partial charge in [-0.3, -0.25) is 0 Å². The molecule has 3 rings (SSSR count). The molecule has 1 aliphatic heterocycles. The number of nitrogens with one attached hydrogen (secondary N) is 2. The second-order valence-electron chi connectivity index (χ2n) is 5.45. The average Bonchev–Trinajstić information content (AvgIpc) is 2.60. The highest BCUT2D eigenvalue weighted by molar-refractivity contribution is 6.32. The number of benzene rings is 2. The van der Waals surface area contributed by atoms with Crippen molar-refractivity contribution in [1.82, 2.24) is 5.32 Å². The Hall–Kier alpha value is -2.85. The summed E-state index contributed by atoms with van der Waals surface area (Å²) in [6.45, 7) is 0. The van der Waals surface area contributed by atoms with Crippen LogP contribution in [0.5, 0.6) is 5.75 Å². The molecule has 1 atom stereocenters. The van der Waals surface area contributed by atoms with Crippen molar-refractivity contribution in [1.29, 1.82) is 0 Å². The number of carbonyl (C=O) groups is 1. The van der Waals surface area contributed by atoms with Gasteiger partial charge in [-0.1, -0.05) is 41.6 Å². The van der Waals surface area contributed by atoms with E-state index in [9.17, 15) is 18.0 Å². The zero-order valence-electron chi connectivity index (χ0n) is 13.4. The van der Waals surface area contributed by atoms with Gasteiger partial charge in [0, 0.05) is 5.56 Å². The van der Waals surface area contributed by atoms with Gasteiger partial charge in [-0.25, -0.2) is 4.79 Å². The third kappa shape index (κ3) is 2.93. The number of alkyl halides is 3. The molecular weight excluding hydrogens is 369 g/mol. The molecule has 0 aromatic heterocycles. The summed E-state index contributed by atoms with van der Waals surface area (Å²) >= 11 is 6.01. The molecule has 1 unspecified atom stereocenters. The van der Waals surface area contributed by atoms with Crippen molar-refractivity contribution in [3.8, 4) is 17.6 Å². The average molecular weight is 381 g/mol. The number of carbonyl (C=O) groups excluding carboxylic acids is 1. The van der Waals surface area contributed by atoms with Crippen LogP contribution in [0.4, 0.5) is 23.7 Å². The molecule has 1 heterocycles. The van der Waals surface area contributed by atoms with Crippen LogP contribution in [0.2, 0.25) is 5.02 Å². The van der Waals surface area contributed by atoms with E-state index in [0.29, 0.717) is 5.56 Å². The maximum absolute atomic E-state index is 14.2. The number of halogens is 4. The van der Waals surface area contributed by atoms with Gasteiger partial charge >= 0.3 is 12.2 Å². The summed E-state index contributed by atoms with van der Waals surface area (Å²) in [5, 5.41) is 4.21. The quantitative estimate of drug-likeness (QED) is 0.725. The Labute approximate surface area is 152 Å². The van der Waals surface area contributed by atoms with Crippen LogP contribution in [0.3, 0.4) is 0 Å². The van der Waals surface area contributed by atoms with Gasteiger partial charge in [-0.05, 0) is 24.3 Å². The molecule has 134 valence electrons. The van der Waals surface area contributed by atoms with Crippen LogP contribution < -0.4 is 15.4 Å². The van der Waals surface area contributed by atoms with Crippen molar-refractivity contribution in [2.24, 2.45) is 0 Å². The Bertz CT molecular complexity index is 920. The van der Waals surface area contributed by atoms with E-state index in [1.54, 1.807) is 30.3 Å². The van der Waals surface area contributed by atoms with Gasteiger partial charge in [-0.15, -0.1) is 0 Å². The van der Waals surface area contributed by atoms with E-state index in [0.717, 1.165) is 0 Å². The second-order valence-corrected chi connectivity index (χ2v) is 5.85. The highest BCUT2D eigenvalue weighted by Crippen LogP contribution is 2.49. The first-order valence-electron chi connectivity index (χ1n) is 7.39. The summed E-state index contributed by atoms with van der Waals surface area (Å²) in [5.74, 6) is 4.47. The lowest BCUT2D eigenvalue weighted by molar-refractivity contribution is -0.179. The number of anilines is 1. The normalized spacial score (nSPS) is 18.7. The summed E-state index contributed by atoms with van der Waals surface area (Å²) in [6, 6.07) is 9.75. The van der Waals surface area contributed by atoms with Gasteiger partial charge < -0.3 is 15.4 Å². The Kier molecular flexibility index (Phi) is 4.46. The van der Waals surface area contributed by atoms with Crippen molar-refractivity contribution in [3.63, 3.8) is 0 Å². The number of amides is 2. The molecule has 2 N–H and O–H groups in total. The summed E-state index contributed by atoms with van der Waals surface area (Å²) < 4.78 is 47.6. The lowest BCUT2D eigenvalue weighted by Crippen LogP contribution is -2.59. The first kappa shape index (κ1) is 18.0. The van der Waals surface area contributed by atoms with E-state index in [4.69, 9.17) is 16.3 Å². The van der Waals surface area contributed by atoms with Crippen LogP contribution in [-0.2, 0) is 5.54 Å². The predicted molar refractivity (Wildman–Crippen MR) is 91.2 cm³/mol. The Morgan fingerprint density at radius 3 is 2.46 bits per heavy atom. The molecule has 0 spiro atoms. The summed E-state index contributed by atoms with van der Waals surface area (Å²) in [7, 11) is 1.20. The van der Waals surface area contributed by atoms with Crippen LogP contribution in [0, 0.1) is 11.8 Å². The third-order valence-corrected chi connectivity index (χ3v) is 4.13. The predicted octanol–water partition coefficient (Wildman–Crippen LogP) is 4.29. The largest absolute Gasteiger partial charge is 0.495 e. The van der Waals surface area contributed by atoms with E-state index in [1.807, 2.05) is 5.32 Å². The lowest BCUT2D eigenvalue weighted by Gasteiger charge is -2.38. The van der Waals surface area contributed by atoms with Gasteiger partial charge in [0.15, 0.2) is 0 Å². The number of methoxy groups -OCH3 is 1. The van der Waals surface area contributed by atoms with Gasteiger partial charge in [-0.2, -0.15) is 13.2 Å². The molecule has 0 saturated carbocycles. The number of urea groups is 1. The first-order valence-corrected chi connectivity index (χ1v) is 7.77. The van der Waals surface area contributed by atoms with E-state index in [-0.39, 0.29) is 22.0 Å². The Morgan fingerprint density at radius 1 is 1.15 bits per heavy atom. The smallest absolute Gasteiger partial charge is 0.427 e. The zero-order chi connectivity index (χ0) is 18.9. The lowest BCUT2D eigenvalue weighted by atomic mass is 9.85. The fourth-order valence-electron chi connectivity index (χ4n) is 2.68. The summed E-state index contributed by atoms with van der Waals surface area (Å²) in [5.41, 5.74) is -3.07. The molecule has 0 fully saturated rings. The van der Waals surface area contributed by atoms with E-state index < -0.39 is 17.7 Å². The number of ether oxygens (including phenoxy) is 1. The van der Waals surface area contributed by atoms with Crippen molar-refractivity contribution in [2.75, 3.05) is 12.4 Å². The van der Waals surface area contributed by atoms with Crippen LogP contribution in [0.25, 0.3) is 0 Å². The fourth-order valence-corrected chi connectivity index (χ4v) is 2.92. The maximum atomic E-state index is 14.2. The number of rotatable bonds is 1. The van der Waals surface area contributed by atoms with Gasteiger partial charge in [0.2, 0.25) is 5.54 Å². The van der Waals surface area contributed by atoms with E-state index in [1.165, 1.54) is 19.2 Å². The molecule has 0 bridgehead atoms. The third-order valence-electron chi connectivity index (χ3n) is 3.83. The van der Waals surface area contributed by atoms with E-state index in [2.05, 4.69) is 17.2 Å². The highest BCUT2D eigenvalue weighted by Gasteiger charge is 2.61. The minimum Gasteiger partial charge on any atom is -0.495 e. The molecule has 0 saturated heterocycles. The second kappa shape index (κ2) is 6.46. The molecule has 1 aliphatic rings. The molecular formula is C18H12ClF3N2O2. The molecule has 8 heteroatoms. The van der Waals surface area contributed by atoms with Crippen LogP contribution in [-0.4, -0.2) is 19.3 Å². The van der Waals surface area contributed by atoms with Crippen LogP contribution >= 0.6 is 11.6 Å². The molecule has 0 aliphatic carbocycles. The van der Waals surface area contributed by atoms with Crippen molar-refractivity contribution in [3.05, 3.63) is 58.6 Å². The minimum atomic E-state index is -4.93. The van der Waals surface area contributed by atoms with Crippen molar-refractivity contribution >= 4 is 23.3 Å². The molecule has 4 nitrogen and oxygen atoms in total. The van der Waals surface area contributed by atoms with Gasteiger partial charge in [0.25, 0.3) is 0 Å². The molecule has 2 aromatic carbocycles. The molecule has 2 amide bonds. The Morgan fingerprint density at radius 2 is 1.85 bits per heavy atom. The number of fused-ring (bicyclic) bond motifs is 1. The van der Waals surface area contributed by atoms with Gasteiger partial charge in [0.05, 0.1) is 23.4 Å². The molecule has 0 radical (unpaired) electrons. The fraction of sp³-hybridized carbons (Fsp3) is 0.167. The van der Waals surface area contributed by atoms with Crippen LogP contribution in [0.1, 0.15) is 11.1 Å². The first-order chi connectivity index (χ1) is 12.3. The maximum Gasteiger partial charge on any atom is 0.427 e. The zero-order valence-corrected chi connectivity index (χ0v) is 14.1. The SMILES string of the molecule is COc1c(Cl)ccc2c1C(C#Cc1ccccc1)(C(F)(F)F)NC(=O)N2. The monoisotopic (exact) mass is 380 g/mol. The molecule has 2 aromatic rings. The Balaban J connectivity index is 2.32. The number of hydrogen-bond acceptors (Lipinski definition) is 2. The van der Waals surface area contributed by atoms with Gasteiger partial charge in [0.1, 0.15) is 5.75 Å². The standard InChI is InChI=1S/C18H12ClF3N2O2/c1-26-15-12(19)7-8-13-14(15)17(18(20,21)22,24-16(25)23-13)10-9-11-5-3-2-4-6-11/h2-8H,1H3,(H2,23,24,25). The van der Waals surface area contributed by atoms with Crippen molar-refractivity contribution < 1.29 is 22.7 Å². The topological polar surface area (TPSA) is 50.4 Å². The van der Waals surface area contributed by atoms with E-state index >= 15 is 0 Å². The van der Waals surface area contributed by atoms with Crippen molar-refractivity contribution in [2.45, 2.75) is 11.7 Å². The summed E-state index contributed by atoms with van der Waals surface area (Å²) in [4.78, 5) is 11.9. The summed E-state index contributed by atoms with van der Waals surface area (Å²) in [6.07, 6.45) is -4.93.